The molecule has 0 heterocycles. The van der Waals surface area contributed by atoms with Gasteiger partial charge in [-0.05, 0) is 73.8 Å². The first-order valence-corrected chi connectivity index (χ1v) is 9.61. The summed E-state index contributed by atoms with van der Waals surface area (Å²) in [5.74, 6) is 5.23. The predicted octanol–water partition coefficient (Wildman–Crippen LogP) is 4.90. The molecule has 0 bridgehead atoms. The number of allylic oxidation sites excluding steroid dienone is 4. The zero-order valence-corrected chi connectivity index (χ0v) is 14.8. The highest BCUT2D eigenvalue weighted by Crippen LogP contribution is 2.61. The van der Waals surface area contributed by atoms with Crippen molar-refractivity contribution in [2.75, 3.05) is 6.61 Å². The summed E-state index contributed by atoms with van der Waals surface area (Å²) < 4.78 is 5.77. The zero-order chi connectivity index (χ0) is 16.2. The summed E-state index contributed by atoms with van der Waals surface area (Å²) in [6.07, 6.45) is 11.4. The Morgan fingerprint density at radius 2 is 2.13 bits per heavy atom. The molecule has 23 heavy (non-hydrogen) atoms. The average molecular weight is 314 g/mol. The van der Waals surface area contributed by atoms with E-state index in [2.05, 4.69) is 32.9 Å². The van der Waals surface area contributed by atoms with E-state index in [1.165, 1.54) is 24.2 Å². The standard InChI is InChI=1S/C21H30O2/c1-4-23-15-6-8-16-14(11-15)5-7-17-18-9-10-19(22)21(18,3)12-13(2)20(16)17/h5,11,13,16-18,20H,4,6-10,12H2,1-3H3/t13-,16-,17-,18-,20+,21-/m0/s1. The highest BCUT2D eigenvalue weighted by molar-refractivity contribution is 5.87. The average Bonchev–Trinajstić information content (AvgIpc) is 2.82. The second-order valence-electron chi connectivity index (χ2n) is 8.54. The summed E-state index contributed by atoms with van der Waals surface area (Å²) in [6, 6.07) is 0. The van der Waals surface area contributed by atoms with Crippen LogP contribution in [-0.2, 0) is 9.53 Å². The minimum Gasteiger partial charge on any atom is -0.498 e. The van der Waals surface area contributed by atoms with Gasteiger partial charge in [0.2, 0.25) is 0 Å². The summed E-state index contributed by atoms with van der Waals surface area (Å²) in [4.78, 5) is 12.5. The normalized spacial score (nSPS) is 45.5. The molecule has 0 aromatic rings. The SMILES string of the molecule is CCOC1=CC2=CC[C@@H]3[C@H]([C@@H](C)C[C@]4(C)C(=O)CC[C@@H]34)[C@H]2CC1. The van der Waals surface area contributed by atoms with Gasteiger partial charge in [0.15, 0.2) is 0 Å². The number of carbonyl (C=O) groups excluding carboxylic acids is 1. The second kappa shape index (κ2) is 5.50. The summed E-state index contributed by atoms with van der Waals surface area (Å²) in [5.41, 5.74) is 1.51. The zero-order valence-electron chi connectivity index (χ0n) is 14.8. The molecule has 2 heteroatoms. The van der Waals surface area contributed by atoms with Crippen LogP contribution >= 0.6 is 0 Å². The number of rotatable bonds is 2. The molecule has 0 saturated heterocycles. The van der Waals surface area contributed by atoms with E-state index in [1.54, 1.807) is 0 Å². The number of carbonyl (C=O) groups is 1. The number of ketones is 1. The van der Waals surface area contributed by atoms with Crippen LogP contribution in [0.4, 0.5) is 0 Å². The van der Waals surface area contributed by atoms with Gasteiger partial charge in [0, 0.05) is 18.3 Å². The molecule has 0 aliphatic heterocycles. The summed E-state index contributed by atoms with van der Waals surface area (Å²) in [7, 11) is 0. The minimum absolute atomic E-state index is 0.0209. The van der Waals surface area contributed by atoms with E-state index in [9.17, 15) is 4.79 Å². The van der Waals surface area contributed by atoms with Crippen molar-refractivity contribution in [1.29, 1.82) is 0 Å². The molecule has 0 amide bonds. The number of ether oxygens (including phenoxy) is 1. The van der Waals surface area contributed by atoms with Gasteiger partial charge in [0.05, 0.1) is 12.4 Å². The Morgan fingerprint density at radius 3 is 2.91 bits per heavy atom. The molecule has 4 aliphatic rings. The number of fused-ring (bicyclic) bond motifs is 5. The molecule has 4 rings (SSSR count). The van der Waals surface area contributed by atoms with E-state index in [0.717, 1.165) is 44.1 Å². The molecule has 0 N–H and O–H groups in total. The predicted molar refractivity (Wildman–Crippen MR) is 91.7 cm³/mol. The molecule has 4 aliphatic carbocycles. The second-order valence-corrected chi connectivity index (χ2v) is 8.54. The summed E-state index contributed by atoms with van der Waals surface area (Å²) >= 11 is 0. The smallest absolute Gasteiger partial charge is 0.139 e. The monoisotopic (exact) mass is 314 g/mol. The third kappa shape index (κ3) is 2.24. The van der Waals surface area contributed by atoms with Crippen molar-refractivity contribution >= 4 is 5.78 Å². The molecule has 0 unspecified atom stereocenters. The largest absolute Gasteiger partial charge is 0.498 e. The summed E-state index contributed by atoms with van der Waals surface area (Å²) in [6.45, 7) is 7.52. The Hall–Kier alpha value is -1.05. The van der Waals surface area contributed by atoms with Crippen LogP contribution in [0.3, 0.4) is 0 Å². The highest BCUT2D eigenvalue weighted by atomic mass is 16.5. The minimum atomic E-state index is -0.0209. The molecule has 2 fully saturated rings. The highest BCUT2D eigenvalue weighted by Gasteiger charge is 2.57. The van der Waals surface area contributed by atoms with Gasteiger partial charge < -0.3 is 4.74 Å². The van der Waals surface area contributed by atoms with Crippen LogP contribution < -0.4 is 0 Å². The van der Waals surface area contributed by atoms with E-state index < -0.39 is 0 Å². The first-order chi connectivity index (χ1) is 11.0. The molecule has 0 radical (unpaired) electrons. The van der Waals surface area contributed by atoms with Crippen molar-refractivity contribution in [3.05, 3.63) is 23.5 Å². The number of hydrogen-bond donors (Lipinski definition) is 0. The Morgan fingerprint density at radius 1 is 1.30 bits per heavy atom. The lowest BCUT2D eigenvalue weighted by Crippen LogP contribution is -2.49. The van der Waals surface area contributed by atoms with Gasteiger partial charge in [0.25, 0.3) is 0 Å². The number of hydrogen-bond acceptors (Lipinski definition) is 2. The van der Waals surface area contributed by atoms with E-state index in [0.29, 0.717) is 23.5 Å². The van der Waals surface area contributed by atoms with Gasteiger partial charge in [-0.3, -0.25) is 4.79 Å². The molecule has 0 spiro atoms. The lowest BCUT2D eigenvalue weighted by molar-refractivity contribution is -0.133. The molecule has 2 saturated carbocycles. The summed E-state index contributed by atoms with van der Waals surface area (Å²) in [5, 5.41) is 0. The van der Waals surface area contributed by atoms with Crippen molar-refractivity contribution < 1.29 is 9.53 Å². The van der Waals surface area contributed by atoms with Crippen molar-refractivity contribution in [3.63, 3.8) is 0 Å². The van der Waals surface area contributed by atoms with Crippen LogP contribution in [0.1, 0.15) is 59.3 Å². The quantitative estimate of drug-likeness (QED) is 0.724. The van der Waals surface area contributed by atoms with E-state index in [1.807, 2.05) is 0 Å². The van der Waals surface area contributed by atoms with Gasteiger partial charge >= 0.3 is 0 Å². The van der Waals surface area contributed by atoms with Crippen LogP contribution in [0.2, 0.25) is 0 Å². The first kappa shape index (κ1) is 15.5. The van der Waals surface area contributed by atoms with E-state index >= 15 is 0 Å². The van der Waals surface area contributed by atoms with Gasteiger partial charge in [-0.2, -0.15) is 0 Å². The molecule has 126 valence electrons. The third-order valence-electron chi connectivity index (χ3n) is 7.43. The van der Waals surface area contributed by atoms with Gasteiger partial charge in [-0.15, -0.1) is 0 Å². The van der Waals surface area contributed by atoms with Crippen molar-refractivity contribution in [1.82, 2.24) is 0 Å². The molecule has 0 aromatic heterocycles. The molecular formula is C21H30O2. The fourth-order valence-electron chi connectivity index (χ4n) is 6.59. The third-order valence-corrected chi connectivity index (χ3v) is 7.43. The molecule has 6 atom stereocenters. The maximum atomic E-state index is 12.5. The first-order valence-electron chi connectivity index (χ1n) is 9.61. The Balaban J connectivity index is 1.65. The van der Waals surface area contributed by atoms with Gasteiger partial charge in [0.1, 0.15) is 5.78 Å². The van der Waals surface area contributed by atoms with Crippen LogP contribution in [0.15, 0.2) is 23.5 Å². The van der Waals surface area contributed by atoms with E-state index in [-0.39, 0.29) is 5.41 Å². The molecule has 0 aromatic carbocycles. The van der Waals surface area contributed by atoms with Crippen LogP contribution in [0.5, 0.6) is 0 Å². The topological polar surface area (TPSA) is 26.3 Å². The van der Waals surface area contributed by atoms with Gasteiger partial charge in [-0.1, -0.05) is 19.9 Å². The van der Waals surface area contributed by atoms with Gasteiger partial charge in [-0.25, -0.2) is 0 Å². The Labute approximate surface area is 140 Å². The van der Waals surface area contributed by atoms with Crippen LogP contribution in [0.25, 0.3) is 0 Å². The molecular weight excluding hydrogens is 284 g/mol. The van der Waals surface area contributed by atoms with Crippen molar-refractivity contribution in [2.45, 2.75) is 59.3 Å². The van der Waals surface area contributed by atoms with Crippen LogP contribution in [0, 0.1) is 35.0 Å². The maximum absolute atomic E-state index is 12.5. The van der Waals surface area contributed by atoms with Crippen molar-refractivity contribution in [3.8, 4) is 0 Å². The Bertz CT molecular complexity index is 572. The van der Waals surface area contributed by atoms with Crippen LogP contribution in [-0.4, -0.2) is 12.4 Å². The lowest BCUT2D eigenvalue weighted by Gasteiger charge is -2.54. The molecule has 2 nitrogen and oxygen atoms in total. The maximum Gasteiger partial charge on any atom is 0.139 e. The van der Waals surface area contributed by atoms with Crippen molar-refractivity contribution in [2.24, 2.45) is 35.0 Å². The Kier molecular flexibility index (Phi) is 3.70. The lowest BCUT2D eigenvalue weighted by atomic mass is 9.50. The number of Topliss-reactive ketones (excluding diaryl/α,β-unsaturated/α-hetero) is 1. The fourth-order valence-corrected chi connectivity index (χ4v) is 6.59. The van der Waals surface area contributed by atoms with E-state index in [4.69, 9.17) is 4.74 Å². The fraction of sp³-hybridized carbons (Fsp3) is 0.762.